The van der Waals surface area contributed by atoms with Crippen LogP contribution in [0.5, 0.6) is 5.75 Å². The van der Waals surface area contributed by atoms with Crippen molar-refractivity contribution >= 4 is 11.5 Å². The van der Waals surface area contributed by atoms with Crippen molar-refractivity contribution in [3.63, 3.8) is 0 Å². The highest BCUT2D eigenvalue weighted by Crippen LogP contribution is 2.62. The number of rotatable bonds is 4. The molecule has 0 aromatic heterocycles. The Hall–Kier alpha value is -2.33. The molecule has 1 N–H and O–H groups in total. The maximum Gasteiger partial charge on any atom is 0.336 e. The third-order valence-corrected chi connectivity index (χ3v) is 5.77. The fourth-order valence-electron chi connectivity index (χ4n) is 4.79. The number of carbonyl (C=O) groups is 1. The molecule has 0 saturated heterocycles. The molecule has 0 fully saturated rings. The van der Waals surface area contributed by atoms with Crippen LogP contribution in [0.25, 0.3) is 5.57 Å². The van der Waals surface area contributed by atoms with E-state index in [1.807, 2.05) is 24.3 Å². The van der Waals surface area contributed by atoms with Gasteiger partial charge in [-0.1, -0.05) is 65.8 Å². The van der Waals surface area contributed by atoms with Gasteiger partial charge in [0.25, 0.3) is 0 Å². The molecule has 1 heterocycles. The molecule has 0 radical (unpaired) electrons. The van der Waals surface area contributed by atoms with E-state index in [2.05, 4.69) is 53.7 Å². The van der Waals surface area contributed by atoms with Crippen molar-refractivity contribution in [2.45, 2.75) is 41.5 Å². The minimum Gasteiger partial charge on any atom is -0.491 e. The van der Waals surface area contributed by atoms with Gasteiger partial charge >= 0.3 is 5.97 Å². The van der Waals surface area contributed by atoms with Gasteiger partial charge in [0, 0.05) is 22.6 Å². The number of esters is 1. The van der Waals surface area contributed by atoms with Gasteiger partial charge < -0.3 is 14.6 Å². The highest BCUT2D eigenvalue weighted by Gasteiger charge is 2.55. The molecule has 0 saturated carbocycles. The lowest BCUT2D eigenvalue weighted by molar-refractivity contribution is -0.132. The molecule has 150 valence electrons. The Balaban J connectivity index is 2.10. The zero-order valence-electron chi connectivity index (χ0n) is 17.6. The summed E-state index contributed by atoms with van der Waals surface area (Å²) in [5.41, 5.74) is 2.25. The summed E-state index contributed by atoms with van der Waals surface area (Å²) in [5.74, 6) is 1.04. The van der Waals surface area contributed by atoms with Gasteiger partial charge in [-0.2, -0.15) is 0 Å². The van der Waals surface area contributed by atoms with E-state index in [1.54, 1.807) is 6.08 Å². The molecular formula is C24H30O4. The van der Waals surface area contributed by atoms with Crippen molar-refractivity contribution in [1.82, 2.24) is 0 Å². The average molecular weight is 383 g/mol. The summed E-state index contributed by atoms with van der Waals surface area (Å²) in [7, 11) is 0. The smallest absolute Gasteiger partial charge is 0.336 e. The molecule has 28 heavy (non-hydrogen) atoms. The monoisotopic (exact) mass is 382 g/mol. The van der Waals surface area contributed by atoms with Crippen LogP contribution in [-0.4, -0.2) is 24.3 Å². The number of allylic oxidation sites excluding steroid dienone is 4. The van der Waals surface area contributed by atoms with Crippen molar-refractivity contribution in [3.8, 4) is 5.75 Å². The molecular weight excluding hydrogens is 352 g/mol. The van der Waals surface area contributed by atoms with E-state index in [0.717, 1.165) is 16.7 Å². The lowest BCUT2D eigenvalue weighted by Crippen LogP contribution is -2.47. The lowest BCUT2D eigenvalue weighted by Gasteiger charge is -2.54. The second kappa shape index (κ2) is 6.93. The highest BCUT2D eigenvalue weighted by molar-refractivity contribution is 5.95. The largest absolute Gasteiger partial charge is 0.491 e. The SMILES string of the molecule is CC(C)(C)C1(C(C)(C)C)C=CC(c2ccc(OCCO)cc2)=C2OC(=O)C=C21. The Bertz CT molecular complexity index is 841. The predicted molar refractivity (Wildman–Crippen MR) is 111 cm³/mol. The predicted octanol–water partition coefficient (Wildman–Crippen LogP) is 4.90. The van der Waals surface area contributed by atoms with Crippen molar-refractivity contribution in [2.24, 2.45) is 16.2 Å². The molecule has 1 aliphatic heterocycles. The minimum absolute atomic E-state index is 0.0222. The summed E-state index contributed by atoms with van der Waals surface area (Å²) in [5, 5.41) is 8.90. The van der Waals surface area contributed by atoms with Gasteiger partial charge in [0.15, 0.2) is 0 Å². The number of hydrogen-bond acceptors (Lipinski definition) is 4. The number of fused-ring (bicyclic) bond motifs is 1. The molecule has 2 aliphatic rings. The summed E-state index contributed by atoms with van der Waals surface area (Å²) in [6.07, 6.45) is 6.00. The van der Waals surface area contributed by atoms with Crippen molar-refractivity contribution in [2.75, 3.05) is 13.2 Å². The van der Waals surface area contributed by atoms with Crippen LogP contribution >= 0.6 is 0 Å². The molecule has 1 aromatic carbocycles. The molecule has 1 aliphatic carbocycles. The Morgan fingerprint density at radius 2 is 1.64 bits per heavy atom. The Labute approximate surface area is 167 Å². The van der Waals surface area contributed by atoms with E-state index in [9.17, 15) is 4.79 Å². The Morgan fingerprint density at radius 1 is 1.04 bits per heavy atom. The molecule has 0 amide bonds. The first-order chi connectivity index (χ1) is 13.0. The Kier molecular flexibility index (Phi) is 5.05. The third kappa shape index (κ3) is 3.20. The van der Waals surface area contributed by atoms with Crippen LogP contribution in [0.4, 0.5) is 0 Å². The van der Waals surface area contributed by atoms with Gasteiger partial charge in [0.05, 0.1) is 6.61 Å². The topological polar surface area (TPSA) is 55.8 Å². The number of aliphatic hydroxyl groups excluding tert-OH is 1. The zero-order valence-corrected chi connectivity index (χ0v) is 17.6. The highest BCUT2D eigenvalue weighted by atomic mass is 16.5. The second-order valence-corrected chi connectivity index (χ2v) is 9.46. The quantitative estimate of drug-likeness (QED) is 0.753. The van der Waals surface area contributed by atoms with E-state index in [4.69, 9.17) is 14.6 Å². The van der Waals surface area contributed by atoms with Gasteiger partial charge in [0.2, 0.25) is 0 Å². The number of ether oxygens (including phenoxy) is 2. The summed E-state index contributed by atoms with van der Waals surface area (Å²) >= 11 is 0. The van der Waals surface area contributed by atoms with E-state index in [0.29, 0.717) is 11.5 Å². The van der Waals surface area contributed by atoms with Gasteiger partial charge in [-0.05, 0) is 28.5 Å². The Morgan fingerprint density at radius 3 is 2.18 bits per heavy atom. The fourth-order valence-corrected chi connectivity index (χ4v) is 4.79. The standard InChI is InChI=1S/C24H30O4/c1-22(2,3)24(23(4,5)6)12-11-18(21-19(24)15-20(26)28-21)16-7-9-17(10-8-16)27-14-13-25/h7-12,15,25H,13-14H2,1-6H3. The van der Waals surface area contributed by atoms with Gasteiger partial charge in [0.1, 0.15) is 18.1 Å². The molecule has 4 heteroatoms. The molecule has 0 unspecified atom stereocenters. The number of carbonyl (C=O) groups excluding carboxylic acids is 1. The maximum absolute atomic E-state index is 12.3. The molecule has 3 rings (SSSR count). The normalized spacial score (nSPS) is 18.7. The van der Waals surface area contributed by atoms with Crippen LogP contribution in [0.1, 0.15) is 47.1 Å². The zero-order chi connectivity index (χ0) is 20.7. The van der Waals surface area contributed by atoms with E-state index in [-0.39, 0.29) is 35.4 Å². The van der Waals surface area contributed by atoms with E-state index >= 15 is 0 Å². The maximum atomic E-state index is 12.3. The molecule has 0 atom stereocenters. The summed E-state index contributed by atoms with van der Waals surface area (Å²) < 4.78 is 11.1. The van der Waals surface area contributed by atoms with E-state index in [1.165, 1.54) is 0 Å². The van der Waals surface area contributed by atoms with Crippen LogP contribution in [0.3, 0.4) is 0 Å². The third-order valence-electron chi connectivity index (χ3n) is 5.77. The summed E-state index contributed by atoms with van der Waals surface area (Å²) in [4.78, 5) is 12.3. The minimum atomic E-state index is -0.338. The first kappa shape index (κ1) is 20.4. The van der Waals surface area contributed by atoms with Gasteiger partial charge in [-0.15, -0.1) is 0 Å². The van der Waals surface area contributed by atoms with Crippen LogP contribution in [0.15, 0.2) is 53.8 Å². The molecule has 4 nitrogen and oxygen atoms in total. The van der Waals surface area contributed by atoms with E-state index < -0.39 is 0 Å². The number of benzene rings is 1. The molecule has 0 bridgehead atoms. The van der Waals surface area contributed by atoms with Crippen LogP contribution in [0.2, 0.25) is 0 Å². The summed E-state index contributed by atoms with van der Waals surface area (Å²) in [6.45, 7) is 13.5. The van der Waals surface area contributed by atoms with Crippen LogP contribution in [-0.2, 0) is 9.53 Å². The number of aliphatic hydroxyl groups is 1. The van der Waals surface area contributed by atoms with Crippen molar-refractivity contribution in [1.29, 1.82) is 0 Å². The average Bonchev–Trinajstić information content (AvgIpc) is 2.98. The number of hydrogen-bond donors (Lipinski definition) is 1. The van der Waals surface area contributed by atoms with Gasteiger partial charge in [-0.3, -0.25) is 0 Å². The first-order valence-electron chi connectivity index (χ1n) is 9.73. The van der Waals surface area contributed by atoms with Crippen LogP contribution in [0, 0.1) is 16.2 Å². The second-order valence-electron chi connectivity index (χ2n) is 9.46. The van der Waals surface area contributed by atoms with Gasteiger partial charge in [-0.25, -0.2) is 4.79 Å². The molecule has 0 spiro atoms. The molecule has 1 aromatic rings. The lowest BCUT2D eigenvalue weighted by atomic mass is 9.49. The fraction of sp³-hybridized carbons (Fsp3) is 0.458. The van der Waals surface area contributed by atoms with Crippen molar-refractivity contribution in [3.05, 3.63) is 59.4 Å². The summed E-state index contributed by atoms with van der Waals surface area (Å²) in [6, 6.07) is 7.62. The first-order valence-corrected chi connectivity index (χ1v) is 9.73. The van der Waals surface area contributed by atoms with Crippen LogP contribution < -0.4 is 4.74 Å². The van der Waals surface area contributed by atoms with Crippen molar-refractivity contribution < 1.29 is 19.4 Å².